The molecular weight excluding hydrogens is 386 g/mol. The van der Waals surface area contributed by atoms with Gasteiger partial charge in [-0.3, -0.25) is 0 Å². The highest BCUT2D eigenvalue weighted by Gasteiger charge is 2.18. The van der Waals surface area contributed by atoms with Crippen LogP contribution in [0.1, 0.15) is 0 Å². The van der Waals surface area contributed by atoms with Gasteiger partial charge in [0, 0.05) is 59.8 Å². The lowest BCUT2D eigenvalue weighted by molar-refractivity contribution is 1.18. The minimum atomic E-state index is 0.760. The van der Waals surface area contributed by atoms with Gasteiger partial charge in [-0.1, -0.05) is 42.5 Å². The first-order valence-electron chi connectivity index (χ1n) is 9.93. The van der Waals surface area contributed by atoms with Crippen molar-refractivity contribution in [1.29, 1.82) is 0 Å². The van der Waals surface area contributed by atoms with Gasteiger partial charge in [0.15, 0.2) is 5.82 Å². The predicted molar refractivity (Wildman–Crippen MR) is 127 cm³/mol. The standard InChI is InChI=1S/C26H15N3S/c1-2-7-17-16(6-1)22-19-14-15(26-27-12-5-13-28-26)10-11-21(19)30-25(22)23-18-8-3-4-9-20(18)29-24(17)23/h1-14,29H. The molecule has 7 aromatic rings. The summed E-state index contributed by atoms with van der Waals surface area (Å²) in [6, 6.07) is 25.7. The minimum Gasteiger partial charge on any atom is -0.354 e. The SMILES string of the molecule is c1cnc(-c2ccc3sc4c(c3c2)c2ccccc2c2[nH]c3ccccc3c24)nc1. The molecule has 0 saturated heterocycles. The van der Waals surface area contributed by atoms with Gasteiger partial charge in [-0.15, -0.1) is 11.3 Å². The molecule has 30 heavy (non-hydrogen) atoms. The fourth-order valence-corrected chi connectivity index (χ4v) is 5.89. The molecular formula is C26H15N3S. The van der Waals surface area contributed by atoms with Crippen molar-refractivity contribution in [3.8, 4) is 11.4 Å². The highest BCUT2D eigenvalue weighted by atomic mass is 32.1. The van der Waals surface area contributed by atoms with Crippen LogP contribution in [0.3, 0.4) is 0 Å². The molecule has 0 amide bonds. The normalized spacial score (nSPS) is 12.0. The summed E-state index contributed by atoms with van der Waals surface area (Å²) in [5, 5.41) is 7.73. The number of aromatic nitrogens is 3. The average Bonchev–Trinajstić information content (AvgIpc) is 3.38. The van der Waals surface area contributed by atoms with Crippen molar-refractivity contribution in [3.63, 3.8) is 0 Å². The molecule has 3 heterocycles. The number of para-hydroxylation sites is 1. The van der Waals surface area contributed by atoms with Crippen molar-refractivity contribution in [2.75, 3.05) is 0 Å². The predicted octanol–water partition coefficient (Wildman–Crippen LogP) is 7.30. The first kappa shape index (κ1) is 16.1. The fourth-order valence-electron chi connectivity index (χ4n) is 4.63. The van der Waals surface area contributed by atoms with Crippen LogP contribution >= 0.6 is 11.3 Å². The van der Waals surface area contributed by atoms with Gasteiger partial charge in [-0.2, -0.15) is 0 Å². The third-order valence-corrected chi connectivity index (χ3v) is 7.10. The zero-order valence-corrected chi connectivity index (χ0v) is 16.7. The van der Waals surface area contributed by atoms with E-state index in [1.54, 1.807) is 12.4 Å². The van der Waals surface area contributed by atoms with Crippen LogP contribution in [-0.4, -0.2) is 15.0 Å². The molecule has 0 radical (unpaired) electrons. The Labute approximate surface area is 175 Å². The second-order valence-electron chi connectivity index (χ2n) is 7.56. The van der Waals surface area contributed by atoms with Gasteiger partial charge in [-0.05, 0) is 35.7 Å². The van der Waals surface area contributed by atoms with Gasteiger partial charge >= 0.3 is 0 Å². The van der Waals surface area contributed by atoms with E-state index in [2.05, 4.69) is 81.7 Å². The summed E-state index contributed by atoms with van der Waals surface area (Å²) >= 11 is 1.87. The zero-order valence-electron chi connectivity index (χ0n) is 15.9. The second-order valence-corrected chi connectivity index (χ2v) is 8.61. The Bertz CT molecular complexity index is 1740. The monoisotopic (exact) mass is 401 g/mol. The molecule has 4 heteroatoms. The van der Waals surface area contributed by atoms with Crippen molar-refractivity contribution >= 4 is 64.1 Å². The van der Waals surface area contributed by atoms with Crippen molar-refractivity contribution in [2.45, 2.75) is 0 Å². The molecule has 0 spiro atoms. The maximum atomic E-state index is 4.45. The summed E-state index contributed by atoms with van der Waals surface area (Å²) in [4.78, 5) is 12.6. The Balaban J connectivity index is 1.73. The van der Waals surface area contributed by atoms with Gasteiger partial charge in [0.25, 0.3) is 0 Å². The lowest BCUT2D eigenvalue weighted by Crippen LogP contribution is -1.86. The second kappa shape index (κ2) is 5.88. The first-order valence-corrected chi connectivity index (χ1v) is 10.7. The van der Waals surface area contributed by atoms with E-state index in [9.17, 15) is 0 Å². The molecule has 7 rings (SSSR count). The number of fused-ring (bicyclic) bond motifs is 10. The Hall–Kier alpha value is -3.76. The average molecular weight is 401 g/mol. The molecule has 0 fully saturated rings. The van der Waals surface area contributed by atoms with Crippen LogP contribution in [0.2, 0.25) is 0 Å². The molecule has 140 valence electrons. The van der Waals surface area contributed by atoms with E-state index in [0.29, 0.717) is 0 Å². The molecule has 0 unspecified atom stereocenters. The number of H-pyrrole nitrogens is 1. The first-order chi connectivity index (χ1) is 14.9. The van der Waals surface area contributed by atoms with Gasteiger partial charge in [0.05, 0.1) is 5.52 Å². The molecule has 0 bridgehead atoms. The maximum Gasteiger partial charge on any atom is 0.159 e. The summed E-state index contributed by atoms with van der Waals surface area (Å²) < 4.78 is 2.62. The maximum absolute atomic E-state index is 4.45. The van der Waals surface area contributed by atoms with Crippen LogP contribution in [-0.2, 0) is 0 Å². The number of thiophene rings is 1. The van der Waals surface area contributed by atoms with E-state index < -0.39 is 0 Å². The third kappa shape index (κ3) is 2.09. The number of hydrogen-bond donors (Lipinski definition) is 1. The Kier molecular flexibility index (Phi) is 3.15. The number of rotatable bonds is 1. The van der Waals surface area contributed by atoms with Crippen molar-refractivity contribution < 1.29 is 0 Å². The van der Waals surface area contributed by atoms with Crippen LogP contribution < -0.4 is 0 Å². The smallest absolute Gasteiger partial charge is 0.159 e. The number of hydrogen-bond acceptors (Lipinski definition) is 3. The van der Waals surface area contributed by atoms with Gasteiger partial charge in [0.2, 0.25) is 0 Å². The minimum absolute atomic E-state index is 0.760. The van der Waals surface area contributed by atoms with Crippen LogP contribution in [0.25, 0.3) is 64.1 Å². The van der Waals surface area contributed by atoms with E-state index in [1.807, 2.05) is 17.4 Å². The Morgan fingerprint density at radius 3 is 2.30 bits per heavy atom. The van der Waals surface area contributed by atoms with Crippen LogP contribution in [0.5, 0.6) is 0 Å². The molecule has 1 N–H and O–H groups in total. The topological polar surface area (TPSA) is 41.6 Å². The van der Waals surface area contributed by atoms with Crippen molar-refractivity contribution in [1.82, 2.24) is 15.0 Å². The molecule has 0 aliphatic carbocycles. The van der Waals surface area contributed by atoms with Crippen LogP contribution in [0.15, 0.2) is 85.2 Å². The fraction of sp³-hybridized carbons (Fsp3) is 0. The quantitative estimate of drug-likeness (QED) is 0.313. The molecule has 0 saturated carbocycles. The molecule has 4 aromatic carbocycles. The summed E-state index contributed by atoms with van der Waals surface area (Å²) in [6.45, 7) is 0. The largest absolute Gasteiger partial charge is 0.354 e. The third-order valence-electron chi connectivity index (χ3n) is 5.91. The molecule has 0 atom stereocenters. The van der Waals surface area contributed by atoms with Crippen LogP contribution in [0.4, 0.5) is 0 Å². The number of benzene rings is 4. The van der Waals surface area contributed by atoms with Gasteiger partial charge in [-0.25, -0.2) is 9.97 Å². The molecule has 0 aliphatic heterocycles. The van der Waals surface area contributed by atoms with E-state index in [0.717, 1.165) is 11.4 Å². The number of nitrogens with zero attached hydrogens (tertiary/aromatic N) is 2. The lowest BCUT2D eigenvalue weighted by Gasteiger charge is -2.05. The van der Waals surface area contributed by atoms with Crippen molar-refractivity contribution in [2.24, 2.45) is 0 Å². The van der Waals surface area contributed by atoms with Crippen molar-refractivity contribution in [3.05, 3.63) is 85.2 Å². The molecule has 3 nitrogen and oxygen atoms in total. The van der Waals surface area contributed by atoms with E-state index in [1.165, 1.54) is 52.8 Å². The van der Waals surface area contributed by atoms with Crippen LogP contribution in [0, 0.1) is 0 Å². The highest BCUT2D eigenvalue weighted by Crippen LogP contribution is 2.46. The molecule has 3 aromatic heterocycles. The van der Waals surface area contributed by atoms with E-state index in [-0.39, 0.29) is 0 Å². The van der Waals surface area contributed by atoms with E-state index >= 15 is 0 Å². The summed E-state index contributed by atoms with van der Waals surface area (Å²) in [5.41, 5.74) is 3.45. The van der Waals surface area contributed by atoms with Gasteiger partial charge < -0.3 is 4.98 Å². The Morgan fingerprint density at radius 1 is 0.667 bits per heavy atom. The number of aromatic amines is 1. The summed E-state index contributed by atoms with van der Waals surface area (Å²) in [6.07, 6.45) is 3.59. The zero-order chi connectivity index (χ0) is 19.7. The van der Waals surface area contributed by atoms with E-state index in [4.69, 9.17) is 0 Å². The highest BCUT2D eigenvalue weighted by molar-refractivity contribution is 7.27. The number of nitrogens with one attached hydrogen (secondary N) is 1. The lowest BCUT2D eigenvalue weighted by atomic mass is 9.99. The molecule has 0 aliphatic rings. The van der Waals surface area contributed by atoms with Gasteiger partial charge in [0.1, 0.15) is 0 Å². The summed E-state index contributed by atoms with van der Waals surface area (Å²) in [5.74, 6) is 0.760. The Morgan fingerprint density at radius 2 is 1.43 bits per heavy atom. The summed E-state index contributed by atoms with van der Waals surface area (Å²) in [7, 11) is 0.